The molecule has 0 atom stereocenters. The first-order valence-corrected chi connectivity index (χ1v) is 9.22. The number of aromatic amines is 1. The highest BCUT2D eigenvalue weighted by molar-refractivity contribution is 5.93. The molecule has 2 aromatic heterocycles. The van der Waals surface area contributed by atoms with Crippen molar-refractivity contribution in [1.82, 2.24) is 20.3 Å². The lowest BCUT2D eigenvalue weighted by atomic mass is 10.2. The van der Waals surface area contributed by atoms with E-state index in [1.54, 1.807) is 6.20 Å². The van der Waals surface area contributed by atoms with Gasteiger partial charge in [0.15, 0.2) is 0 Å². The fourth-order valence-corrected chi connectivity index (χ4v) is 3.39. The summed E-state index contributed by atoms with van der Waals surface area (Å²) in [5, 5.41) is 2.96. The Bertz CT molecular complexity index is 865. The van der Waals surface area contributed by atoms with Crippen molar-refractivity contribution >= 4 is 22.6 Å². The number of carbonyl (C=O) groups is 1. The van der Waals surface area contributed by atoms with Crippen LogP contribution in [-0.2, 0) is 6.42 Å². The molecule has 0 bridgehead atoms. The summed E-state index contributed by atoms with van der Waals surface area (Å²) in [6.07, 6.45) is 5.78. The Kier molecular flexibility index (Phi) is 4.82. The summed E-state index contributed by atoms with van der Waals surface area (Å²) in [6.45, 7) is 2.72. The normalized spacial score (nSPS) is 14.1. The average Bonchev–Trinajstić information content (AvgIpc) is 3.34. The summed E-state index contributed by atoms with van der Waals surface area (Å²) < 4.78 is 0. The van der Waals surface area contributed by atoms with E-state index in [1.165, 1.54) is 12.8 Å². The van der Waals surface area contributed by atoms with E-state index in [1.807, 2.05) is 36.4 Å². The zero-order chi connectivity index (χ0) is 17.8. The summed E-state index contributed by atoms with van der Waals surface area (Å²) in [7, 11) is 0. The summed E-state index contributed by atoms with van der Waals surface area (Å²) in [5.41, 5.74) is 3.60. The topological polar surface area (TPSA) is 73.9 Å². The number of hydrogen-bond acceptors (Lipinski definition) is 4. The van der Waals surface area contributed by atoms with Crippen LogP contribution in [0.25, 0.3) is 11.0 Å². The second-order valence-electron chi connectivity index (χ2n) is 6.65. The summed E-state index contributed by atoms with van der Waals surface area (Å²) >= 11 is 0. The zero-order valence-corrected chi connectivity index (χ0v) is 14.7. The third-order valence-electron chi connectivity index (χ3n) is 4.76. The van der Waals surface area contributed by atoms with Gasteiger partial charge < -0.3 is 15.2 Å². The van der Waals surface area contributed by atoms with E-state index in [2.05, 4.69) is 25.2 Å². The number of fused-ring (bicyclic) bond motifs is 1. The molecule has 1 aliphatic rings. The van der Waals surface area contributed by atoms with Gasteiger partial charge in [0, 0.05) is 37.9 Å². The lowest BCUT2D eigenvalue weighted by Gasteiger charge is -2.17. The van der Waals surface area contributed by atoms with Crippen LogP contribution in [0.1, 0.15) is 35.6 Å². The monoisotopic (exact) mass is 349 g/mol. The Morgan fingerprint density at radius 2 is 2.04 bits per heavy atom. The third-order valence-corrected chi connectivity index (χ3v) is 4.76. The largest absolute Gasteiger partial charge is 0.371 e. The van der Waals surface area contributed by atoms with E-state index < -0.39 is 0 Å². The van der Waals surface area contributed by atoms with Crippen molar-refractivity contribution in [2.24, 2.45) is 0 Å². The molecule has 1 amide bonds. The Hall–Kier alpha value is -2.89. The van der Waals surface area contributed by atoms with E-state index in [0.717, 1.165) is 48.5 Å². The number of hydrogen-bond donors (Lipinski definition) is 2. The van der Waals surface area contributed by atoms with Gasteiger partial charge in [-0.3, -0.25) is 9.78 Å². The first kappa shape index (κ1) is 16.6. The molecule has 1 saturated heterocycles. The summed E-state index contributed by atoms with van der Waals surface area (Å²) in [6, 6.07) is 11.9. The predicted molar refractivity (Wildman–Crippen MR) is 102 cm³/mol. The lowest BCUT2D eigenvalue weighted by molar-refractivity contribution is 0.0948. The molecule has 134 valence electrons. The number of nitrogens with one attached hydrogen (secondary N) is 2. The second kappa shape index (κ2) is 7.56. The van der Waals surface area contributed by atoms with E-state index >= 15 is 0 Å². The van der Waals surface area contributed by atoms with Crippen molar-refractivity contribution in [3.63, 3.8) is 0 Å². The standard InChI is InChI=1S/C20H23N5O/c26-20(18-14-15(9-11-21-18)25-12-3-4-13-25)22-10-5-8-19-23-16-6-1-2-7-17(16)24-19/h1-2,6-7,9,11,14H,3-5,8,10,12-13H2,(H,22,26)(H,23,24). The van der Waals surface area contributed by atoms with Gasteiger partial charge in [-0.15, -0.1) is 0 Å². The van der Waals surface area contributed by atoms with E-state index in [9.17, 15) is 4.79 Å². The van der Waals surface area contributed by atoms with Gasteiger partial charge in [0.25, 0.3) is 5.91 Å². The van der Waals surface area contributed by atoms with Gasteiger partial charge in [-0.1, -0.05) is 12.1 Å². The molecule has 6 nitrogen and oxygen atoms in total. The SMILES string of the molecule is O=C(NCCCc1nc2ccccc2[nH]1)c1cc(N2CCCC2)ccn1. The van der Waals surface area contributed by atoms with Crippen molar-refractivity contribution in [1.29, 1.82) is 0 Å². The maximum atomic E-state index is 12.3. The number of H-pyrrole nitrogens is 1. The van der Waals surface area contributed by atoms with Crippen LogP contribution in [0.15, 0.2) is 42.6 Å². The van der Waals surface area contributed by atoms with Crippen LogP contribution in [0, 0.1) is 0 Å². The number of amides is 1. The van der Waals surface area contributed by atoms with Crippen molar-refractivity contribution in [2.75, 3.05) is 24.5 Å². The lowest BCUT2D eigenvalue weighted by Crippen LogP contribution is -2.26. The van der Waals surface area contributed by atoms with Crippen molar-refractivity contribution in [2.45, 2.75) is 25.7 Å². The van der Waals surface area contributed by atoms with Crippen LogP contribution in [0.4, 0.5) is 5.69 Å². The van der Waals surface area contributed by atoms with Crippen LogP contribution in [0.3, 0.4) is 0 Å². The predicted octanol–water partition coefficient (Wildman–Crippen LogP) is 2.92. The highest BCUT2D eigenvalue weighted by Gasteiger charge is 2.14. The Labute approximate surface area is 152 Å². The Morgan fingerprint density at radius 1 is 1.19 bits per heavy atom. The third kappa shape index (κ3) is 3.69. The Balaban J connectivity index is 1.29. The van der Waals surface area contributed by atoms with Crippen LogP contribution >= 0.6 is 0 Å². The molecule has 4 rings (SSSR count). The molecule has 3 aromatic rings. The van der Waals surface area contributed by atoms with Gasteiger partial charge in [-0.2, -0.15) is 0 Å². The highest BCUT2D eigenvalue weighted by atomic mass is 16.1. The van der Waals surface area contributed by atoms with E-state index in [4.69, 9.17) is 0 Å². The number of carbonyl (C=O) groups excluding carboxylic acids is 1. The molecular weight excluding hydrogens is 326 g/mol. The van der Waals surface area contributed by atoms with Gasteiger partial charge in [-0.25, -0.2) is 4.98 Å². The van der Waals surface area contributed by atoms with E-state index in [0.29, 0.717) is 12.2 Å². The number of imidazole rings is 1. The molecule has 1 aromatic carbocycles. The quantitative estimate of drug-likeness (QED) is 0.671. The van der Waals surface area contributed by atoms with Crippen LogP contribution in [-0.4, -0.2) is 40.5 Å². The Morgan fingerprint density at radius 3 is 2.88 bits per heavy atom. The average molecular weight is 349 g/mol. The molecule has 0 spiro atoms. The minimum Gasteiger partial charge on any atom is -0.371 e. The summed E-state index contributed by atoms with van der Waals surface area (Å²) in [5.74, 6) is 0.838. The molecule has 3 heterocycles. The number of rotatable bonds is 6. The molecule has 2 N–H and O–H groups in total. The molecular formula is C20H23N5O. The van der Waals surface area contributed by atoms with Crippen LogP contribution in [0.5, 0.6) is 0 Å². The molecule has 0 unspecified atom stereocenters. The first-order valence-electron chi connectivity index (χ1n) is 9.22. The number of aromatic nitrogens is 3. The molecule has 0 saturated carbocycles. The first-order chi connectivity index (χ1) is 12.8. The van der Waals surface area contributed by atoms with Gasteiger partial charge in [-0.05, 0) is 43.5 Å². The number of para-hydroxylation sites is 2. The molecule has 26 heavy (non-hydrogen) atoms. The fourth-order valence-electron chi connectivity index (χ4n) is 3.39. The van der Waals surface area contributed by atoms with Gasteiger partial charge >= 0.3 is 0 Å². The van der Waals surface area contributed by atoms with E-state index in [-0.39, 0.29) is 5.91 Å². The maximum absolute atomic E-state index is 12.3. The second-order valence-corrected chi connectivity index (χ2v) is 6.65. The van der Waals surface area contributed by atoms with Gasteiger partial charge in [0.05, 0.1) is 11.0 Å². The van der Waals surface area contributed by atoms with Gasteiger partial charge in [0.1, 0.15) is 11.5 Å². The number of nitrogens with zero attached hydrogens (tertiary/aromatic N) is 3. The van der Waals surface area contributed by atoms with Gasteiger partial charge in [0.2, 0.25) is 0 Å². The van der Waals surface area contributed by atoms with Crippen LogP contribution in [0.2, 0.25) is 0 Å². The number of aryl methyl sites for hydroxylation is 1. The molecule has 6 heteroatoms. The minimum atomic E-state index is -0.115. The molecule has 0 radical (unpaired) electrons. The highest BCUT2D eigenvalue weighted by Crippen LogP contribution is 2.20. The maximum Gasteiger partial charge on any atom is 0.269 e. The van der Waals surface area contributed by atoms with Crippen molar-refractivity contribution in [3.05, 3.63) is 54.1 Å². The fraction of sp³-hybridized carbons (Fsp3) is 0.350. The van der Waals surface area contributed by atoms with Crippen molar-refractivity contribution in [3.8, 4) is 0 Å². The number of benzene rings is 1. The minimum absolute atomic E-state index is 0.115. The number of anilines is 1. The number of pyridine rings is 1. The smallest absolute Gasteiger partial charge is 0.269 e. The molecule has 0 aliphatic carbocycles. The van der Waals surface area contributed by atoms with Crippen LogP contribution < -0.4 is 10.2 Å². The molecule has 1 aliphatic heterocycles. The van der Waals surface area contributed by atoms with Crippen molar-refractivity contribution < 1.29 is 4.79 Å². The molecule has 1 fully saturated rings. The summed E-state index contributed by atoms with van der Waals surface area (Å²) in [4.78, 5) is 26.7. The zero-order valence-electron chi connectivity index (χ0n) is 14.7.